The van der Waals surface area contributed by atoms with Crippen molar-refractivity contribution in [3.05, 3.63) is 0 Å². The van der Waals surface area contributed by atoms with Crippen LogP contribution in [0.2, 0.25) is 0 Å². The normalized spacial score (nSPS) is 16.9. The van der Waals surface area contributed by atoms with Crippen molar-refractivity contribution in [1.29, 1.82) is 0 Å². The summed E-state index contributed by atoms with van der Waals surface area (Å²) in [5.74, 6) is 0.610. The second-order valence-corrected chi connectivity index (χ2v) is 2.87. The maximum absolute atomic E-state index is 10.8. The van der Waals surface area contributed by atoms with Gasteiger partial charge in [-0.2, -0.15) is 0 Å². The van der Waals surface area contributed by atoms with Gasteiger partial charge < -0.3 is 0 Å². The number of Topliss-reactive ketones (excluding diaryl/α,β-unsaturated/α-hetero) is 1. The van der Waals surface area contributed by atoms with Gasteiger partial charge in [0.05, 0.1) is 0 Å². The van der Waals surface area contributed by atoms with Gasteiger partial charge >= 0.3 is 0 Å². The van der Waals surface area contributed by atoms with Gasteiger partial charge in [0.1, 0.15) is 5.78 Å². The Hall–Kier alpha value is -0.0400. The summed E-state index contributed by atoms with van der Waals surface area (Å²) < 4.78 is 0. The van der Waals surface area contributed by atoms with Crippen LogP contribution in [0.3, 0.4) is 0 Å². The van der Waals surface area contributed by atoms with Crippen molar-refractivity contribution in [3.63, 3.8) is 0 Å². The summed E-state index contributed by atoms with van der Waals surface area (Å²) in [5, 5.41) is 0. The summed E-state index contributed by atoms with van der Waals surface area (Å²) in [6.45, 7) is 5.46. The molecule has 0 aliphatic heterocycles. The molecule has 0 aromatic heterocycles. The number of carbonyl (C=O) groups is 1. The number of hydrogen-bond donors (Lipinski definition) is 0. The average molecular weight is 149 g/mol. The molecule has 0 aromatic rings. The zero-order chi connectivity index (χ0) is 7.49. The quantitative estimate of drug-likeness (QED) is 0.561. The Labute approximate surface area is 61.4 Å². The number of carbonyl (C=O) groups excluding carboxylic acids is 1. The van der Waals surface area contributed by atoms with Crippen LogP contribution < -0.4 is 0 Å². The summed E-state index contributed by atoms with van der Waals surface area (Å²) in [5.41, 5.74) is -0.290. The highest BCUT2D eigenvalue weighted by atomic mass is 35.5. The maximum atomic E-state index is 10.8. The van der Waals surface area contributed by atoms with Gasteiger partial charge in [0.2, 0.25) is 0 Å². The van der Waals surface area contributed by atoms with Crippen molar-refractivity contribution in [2.75, 3.05) is 5.88 Å². The van der Waals surface area contributed by atoms with E-state index in [9.17, 15) is 4.79 Å². The molecule has 1 nitrogen and oxygen atoms in total. The van der Waals surface area contributed by atoms with Crippen LogP contribution in [-0.4, -0.2) is 11.7 Å². The van der Waals surface area contributed by atoms with Crippen LogP contribution in [0.4, 0.5) is 0 Å². The molecule has 0 amide bonds. The zero-order valence-electron chi connectivity index (χ0n) is 6.20. The lowest BCUT2D eigenvalue weighted by atomic mass is 9.86. The fourth-order valence-electron chi connectivity index (χ4n) is 0.438. The summed E-state index contributed by atoms with van der Waals surface area (Å²) >= 11 is 5.58. The van der Waals surface area contributed by atoms with Gasteiger partial charge in [-0.3, -0.25) is 4.79 Å². The van der Waals surface area contributed by atoms with Gasteiger partial charge in [0.25, 0.3) is 0 Å². The second-order valence-electron chi connectivity index (χ2n) is 2.60. The van der Waals surface area contributed by atoms with Crippen LogP contribution in [0.1, 0.15) is 27.2 Å². The predicted molar refractivity (Wildman–Crippen MR) is 39.8 cm³/mol. The summed E-state index contributed by atoms with van der Waals surface area (Å²) in [4.78, 5) is 10.8. The van der Waals surface area contributed by atoms with Crippen LogP contribution in [0.15, 0.2) is 0 Å². The molecule has 0 bridgehead atoms. The topological polar surface area (TPSA) is 17.1 Å². The van der Waals surface area contributed by atoms with Gasteiger partial charge in [-0.25, -0.2) is 0 Å². The Balaban J connectivity index is 4.09. The molecule has 0 rings (SSSR count). The average Bonchev–Trinajstić information content (AvgIpc) is 1.86. The zero-order valence-corrected chi connectivity index (χ0v) is 6.96. The molecule has 0 saturated carbocycles. The van der Waals surface area contributed by atoms with Gasteiger partial charge in [-0.05, 0) is 13.3 Å². The Bertz CT molecular complexity index is 105. The molecule has 0 aromatic carbocycles. The van der Waals surface area contributed by atoms with Gasteiger partial charge in [0, 0.05) is 11.3 Å². The van der Waals surface area contributed by atoms with E-state index in [4.69, 9.17) is 11.6 Å². The molecule has 0 saturated heterocycles. The fraction of sp³-hybridized carbons (Fsp3) is 0.857. The third kappa shape index (κ3) is 1.98. The first kappa shape index (κ1) is 8.96. The van der Waals surface area contributed by atoms with E-state index in [1.807, 2.05) is 13.8 Å². The molecule has 0 aliphatic carbocycles. The van der Waals surface area contributed by atoms with Gasteiger partial charge in [0.15, 0.2) is 0 Å². The lowest BCUT2D eigenvalue weighted by Gasteiger charge is -2.20. The number of rotatable bonds is 3. The molecule has 0 heterocycles. The first-order chi connectivity index (χ1) is 4.06. The Kier molecular flexibility index (Phi) is 3.20. The largest absolute Gasteiger partial charge is 0.299 e. The molecule has 0 aliphatic rings. The van der Waals surface area contributed by atoms with Gasteiger partial charge in [-0.15, -0.1) is 11.6 Å². The molecule has 0 N–H and O–H groups in total. The molecule has 54 valence electrons. The van der Waals surface area contributed by atoms with Crippen molar-refractivity contribution in [3.8, 4) is 0 Å². The van der Waals surface area contributed by atoms with Crippen LogP contribution in [0.5, 0.6) is 0 Å². The van der Waals surface area contributed by atoms with Crippen LogP contribution in [0.25, 0.3) is 0 Å². The highest BCUT2D eigenvalue weighted by Gasteiger charge is 2.25. The predicted octanol–water partition coefficient (Wildman–Crippen LogP) is 2.23. The lowest BCUT2D eigenvalue weighted by molar-refractivity contribution is -0.124. The van der Waals surface area contributed by atoms with Crippen LogP contribution in [-0.2, 0) is 4.79 Å². The van der Waals surface area contributed by atoms with Crippen molar-refractivity contribution in [1.82, 2.24) is 0 Å². The minimum atomic E-state index is -0.290. The monoisotopic (exact) mass is 148 g/mol. The van der Waals surface area contributed by atoms with E-state index in [-0.39, 0.29) is 11.2 Å². The number of ketones is 1. The van der Waals surface area contributed by atoms with Crippen molar-refractivity contribution in [2.24, 2.45) is 5.41 Å². The first-order valence-electron chi connectivity index (χ1n) is 3.14. The highest BCUT2D eigenvalue weighted by Crippen LogP contribution is 2.23. The van der Waals surface area contributed by atoms with Crippen molar-refractivity contribution in [2.45, 2.75) is 27.2 Å². The Morgan fingerprint density at radius 3 is 2.11 bits per heavy atom. The van der Waals surface area contributed by atoms with Crippen LogP contribution >= 0.6 is 11.6 Å². The number of hydrogen-bond acceptors (Lipinski definition) is 1. The SMILES string of the molecule is CCC(C)(CCl)C(C)=O. The van der Waals surface area contributed by atoms with E-state index in [2.05, 4.69) is 0 Å². The van der Waals surface area contributed by atoms with E-state index < -0.39 is 0 Å². The Morgan fingerprint density at radius 1 is 1.67 bits per heavy atom. The fourth-order valence-corrected chi connectivity index (χ4v) is 0.815. The highest BCUT2D eigenvalue weighted by molar-refractivity contribution is 6.19. The molecule has 0 spiro atoms. The first-order valence-corrected chi connectivity index (χ1v) is 3.67. The van der Waals surface area contributed by atoms with E-state index >= 15 is 0 Å². The summed E-state index contributed by atoms with van der Waals surface area (Å²) in [6.07, 6.45) is 0.825. The van der Waals surface area contributed by atoms with Crippen LogP contribution in [0, 0.1) is 5.41 Å². The second kappa shape index (κ2) is 3.21. The molecule has 1 atom stereocenters. The Morgan fingerprint density at radius 2 is 2.11 bits per heavy atom. The molecule has 2 heteroatoms. The van der Waals surface area contributed by atoms with E-state index in [0.29, 0.717) is 5.88 Å². The number of halogens is 1. The molecule has 9 heavy (non-hydrogen) atoms. The van der Waals surface area contributed by atoms with Crippen molar-refractivity contribution < 1.29 is 4.79 Å². The maximum Gasteiger partial charge on any atom is 0.136 e. The van der Waals surface area contributed by atoms with Crippen molar-refractivity contribution >= 4 is 17.4 Å². The summed E-state index contributed by atoms with van der Waals surface area (Å²) in [6, 6.07) is 0. The minimum absolute atomic E-state index is 0.181. The molecular formula is C7H13ClO. The van der Waals surface area contributed by atoms with Gasteiger partial charge in [-0.1, -0.05) is 13.8 Å². The molecule has 1 unspecified atom stereocenters. The third-order valence-corrected chi connectivity index (χ3v) is 2.52. The van der Waals surface area contributed by atoms with E-state index in [1.54, 1.807) is 6.92 Å². The lowest BCUT2D eigenvalue weighted by Crippen LogP contribution is -2.26. The third-order valence-electron chi connectivity index (χ3n) is 1.93. The number of alkyl halides is 1. The van der Waals surface area contributed by atoms with E-state index in [1.165, 1.54) is 0 Å². The standard InChI is InChI=1S/C7H13ClO/c1-4-7(3,5-8)6(2)9/h4-5H2,1-3H3. The molecule has 0 radical (unpaired) electrons. The minimum Gasteiger partial charge on any atom is -0.299 e. The smallest absolute Gasteiger partial charge is 0.136 e. The molecular weight excluding hydrogens is 136 g/mol. The van der Waals surface area contributed by atoms with E-state index in [0.717, 1.165) is 6.42 Å². The molecule has 0 fully saturated rings. The summed E-state index contributed by atoms with van der Waals surface area (Å²) in [7, 11) is 0.